The molecule has 2 rings (SSSR count). The minimum atomic E-state index is -3.87. The first kappa shape index (κ1) is 20.2. The number of nitrogens with one attached hydrogen (secondary N) is 1. The van der Waals surface area contributed by atoms with Gasteiger partial charge in [-0.2, -0.15) is 0 Å². The SMILES string of the molecule is C[C@@H](NC(=O)OC(C)(C)C)c1nnc(S(=O)(=O)Cc2ccccc2Cl)o1. The van der Waals surface area contributed by atoms with Gasteiger partial charge in [-0.15, -0.1) is 5.10 Å². The summed E-state index contributed by atoms with van der Waals surface area (Å²) >= 11 is 5.99. The standard InChI is InChI=1S/C16H20ClN3O5S/c1-10(18-14(21)25-16(2,3)4)13-19-20-15(24-13)26(22,23)9-11-7-5-6-8-12(11)17/h5-8,10H,9H2,1-4H3,(H,18,21)/t10-/m1/s1. The molecule has 0 fully saturated rings. The van der Waals surface area contributed by atoms with E-state index in [0.717, 1.165) is 0 Å². The number of rotatable bonds is 5. The zero-order chi connectivity index (χ0) is 19.5. The number of alkyl carbamates (subject to hydrolysis) is 1. The van der Waals surface area contributed by atoms with Gasteiger partial charge in [0.2, 0.25) is 15.7 Å². The summed E-state index contributed by atoms with van der Waals surface area (Å²) in [5.74, 6) is -0.420. The Balaban J connectivity index is 2.10. The molecule has 142 valence electrons. The van der Waals surface area contributed by atoms with E-state index in [-0.39, 0.29) is 11.6 Å². The van der Waals surface area contributed by atoms with Crippen LogP contribution in [0.25, 0.3) is 0 Å². The predicted octanol–water partition coefficient (Wildman–Crippen LogP) is 3.28. The van der Waals surface area contributed by atoms with Crippen molar-refractivity contribution in [2.75, 3.05) is 0 Å². The van der Waals surface area contributed by atoms with Crippen LogP contribution in [0.15, 0.2) is 33.9 Å². The fourth-order valence-electron chi connectivity index (χ4n) is 1.95. The summed E-state index contributed by atoms with van der Waals surface area (Å²) in [5, 5.41) is 9.57. The Morgan fingerprint density at radius 1 is 1.31 bits per heavy atom. The molecule has 0 saturated heterocycles. The van der Waals surface area contributed by atoms with Crippen molar-refractivity contribution >= 4 is 27.5 Å². The van der Waals surface area contributed by atoms with Gasteiger partial charge in [0, 0.05) is 5.02 Å². The van der Waals surface area contributed by atoms with Crippen molar-refractivity contribution < 1.29 is 22.4 Å². The Morgan fingerprint density at radius 3 is 2.58 bits per heavy atom. The van der Waals surface area contributed by atoms with Crippen molar-refractivity contribution in [3.05, 3.63) is 40.7 Å². The van der Waals surface area contributed by atoms with Gasteiger partial charge in [0.05, 0.1) is 5.75 Å². The van der Waals surface area contributed by atoms with Crippen LogP contribution >= 0.6 is 11.6 Å². The third-order valence-electron chi connectivity index (χ3n) is 3.10. The molecule has 0 unspecified atom stereocenters. The number of hydrogen-bond acceptors (Lipinski definition) is 7. The van der Waals surface area contributed by atoms with Crippen LogP contribution in [0.1, 0.15) is 45.2 Å². The third-order valence-corrected chi connectivity index (χ3v) is 4.85. The smallest absolute Gasteiger partial charge is 0.408 e. The van der Waals surface area contributed by atoms with E-state index >= 15 is 0 Å². The predicted molar refractivity (Wildman–Crippen MR) is 94.4 cm³/mol. The van der Waals surface area contributed by atoms with Crippen molar-refractivity contribution in [3.63, 3.8) is 0 Å². The second-order valence-corrected chi connectivity index (χ2v) is 8.90. The van der Waals surface area contributed by atoms with E-state index < -0.39 is 32.8 Å². The lowest BCUT2D eigenvalue weighted by Gasteiger charge is -2.20. The minimum Gasteiger partial charge on any atom is -0.444 e. The van der Waals surface area contributed by atoms with E-state index in [1.54, 1.807) is 52.0 Å². The van der Waals surface area contributed by atoms with E-state index in [1.807, 2.05) is 0 Å². The fourth-order valence-corrected chi connectivity index (χ4v) is 3.39. The molecule has 8 nitrogen and oxygen atoms in total. The second kappa shape index (κ2) is 7.63. The summed E-state index contributed by atoms with van der Waals surface area (Å²) in [6.45, 7) is 6.75. The van der Waals surface area contributed by atoms with Crippen LogP contribution in [0.4, 0.5) is 4.79 Å². The number of ether oxygens (including phenoxy) is 1. The molecule has 0 aliphatic carbocycles. The normalized spacial score (nSPS) is 13.3. The van der Waals surface area contributed by atoms with Crippen molar-refractivity contribution in [1.29, 1.82) is 0 Å². The molecule has 0 radical (unpaired) electrons. The number of carbonyl (C=O) groups excluding carboxylic acids is 1. The van der Waals surface area contributed by atoms with Gasteiger partial charge in [0.25, 0.3) is 0 Å². The molecule has 0 spiro atoms. The highest BCUT2D eigenvalue weighted by molar-refractivity contribution is 7.90. The molecular weight excluding hydrogens is 382 g/mol. The quantitative estimate of drug-likeness (QED) is 0.817. The van der Waals surface area contributed by atoms with Crippen molar-refractivity contribution in [1.82, 2.24) is 15.5 Å². The Hall–Kier alpha value is -2.13. The first-order valence-electron chi connectivity index (χ1n) is 7.77. The van der Waals surface area contributed by atoms with Crippen LogP contribution < -0.4 is 5.32 Å². The molecule has 0 aliphatic heterocycles. The molecule has 0 bridgehead atoms. The average molecular weight is 402 g/mol. The highest BCUT2D eigenvalue weighted by atomic mass is 35.5. The average Bonchev–Trinajstić information content (AvgIpc) is 2.98. The molecule has 2 aromatic rings. The molecular formula is C16H20ClN3O5S. The van der Waals surface area contributed by atoms with E-state index in [0.29, 0.717) is 10.6 Å². The van der Waals surface area contributed by atoms with Gasteiger partial charge in [-0.25, -0.2) is 13.2 Å². The third kappa shape index (κ3) is 5.43. The van der Waals surface area contributed by atoms with E-state index in [4.69, 9.17) is 20.8 Å². The maximum Gasteiger partial charge on any atom is 0.408 e. The van der Waals surface area contributed by atoms with Crippen LogP contribution in [0.3, 0.4) is 0 Å². The summed E-state index contributed by atoms with van der Waals surface area (Å²) in [7, 11) is -3.87. The van der Waals surface area contributed by atoms with Crippen LogP contribution in [-0.2, 0) is 20.3 Å². The molecule has 1 aromatic carbocycles. The molecule has 1 aromatic heterocycles. The van der Waals surface area contributed by atoms with E-state index in [2.05, 4.69) is 15.5 Å². The zero-order valence-electron chi connectivity index (χ0n) is 14.8. The van der Waals surface area contributed by atoms with E-state index in [9.17, 15) is 13.2 Å². The topological polar surface area (TPSA) is 111 Å². The van der Waals surface area contributed by atoms with Crippen LogP contribution in [0, 0.1) is 0 Å². The highest BCUT2D eigenvalue weighted by Crippen LogP contribution is 2.22. The largest absolute Gasteiger partial charge is 0.444 e. The van der Waals surface area contributed by atoms with Crippen molar-refractivity contribution in [3.8, 4) is 0 Å². The number of halogens is 1. The maximum absolute atomic E-state index is 12.4. The zero-order valence-corrected chi connectivity index (χ0v) is 16.4. The lowest BCUT2D eigenvalue weighted by Crippen LogP contribution is -2.34. The first-order chi connectivity index (χ1) is 12.0. The fraction of sp³-hybridized carbons (Fsp3) is 0.438. The summed E-state index contributed by atoms with van der Waals surface area (Å²) in [4.78, 5) is 11.8. The molecule has 10 heteroatoms. The van der Waals surface area contributed by atoms with Crippen LogP contribution in [0.5, 0.6) is 0 Å². The second-order valence-electron chi connectivity index (χ2n) is 6.62. The number of benzene rings is 1. The van der Waals surface area contributed by atoms with Crippen LogP contribution in [0.2, 0.25) is 5.02 Å². The summed E-state index contributed by atoms with van der Waals surface area (Å²) < 4.78 is 35.2. The summed E-state index contributed by atoms with van der Waals surface area (Å²) in [6, 6.07) is 5.86. The lowest BCUT2D eigenvalue weighted by atomic mass is 10.2. The molecule has 1 atom stereocenters. The Kier molecular flexibility index (Phi) is 5.92. The van der Waals surface area contributed by atoms with Gasteiger partial charge in [0.1, 0.15) is 11.6 Å². The van der Waals surface area contributed by atoms with Gasteiger partial charge in [0.15, 0.2) is 0 Å². The molecule has 1 amide bonds. The number of amides is 1. The van der Waals surface area contributed by atoms with Crippen LogP contribution in [-0.4, -0.2) is 30.3 Å². The number of carbonyl (C=O) groups is 1. The van der Waals surface area contributed by atoms with E-state index in [1.165, 1.54) is 0 Å². The Bertz CT molecular complexity index is 889. The number of aromatic nitrogens is 2. The number of hydrogen-bond donors (Lipinski definition) is 1. The molecule has 0 saturated carbocycles. The van der Waals surface area contributed by atoms with Crippen molar-refractivity contribution in [2.24, 2.45) is 0 Å². The summed E-state index contributed by atoms with van der Waals surface area (Å²) in [6.07, 6.45) is -0.677. The minimum absolute atomic E-state index is 0.0476. The summed E-state index contributed by atoms with van der Waals surface area (Å²) in [5.41, 5.74) is -0.240. The van der Waals surface area contributed by atoms with Gasteiger partial charge >= 0.3 is 11.3 Å². The molecule has 26 heavy (non-hydrogen) atoms. The Morgan fingerprint density at radius 2 is 1.96 bits per heavy atom. The lowest BCUT2D eigenvalue weighted by molar-refractivity contribution is 0.0500. The van der Waals surface area contributed by atoms with Crippen molar-refractivity contribution in [2.45, 2.75) is 50.3 Å². The maximum atomic E-state index is 12.4. The monoisotopic (exact) mass is 401 g/mol. The van der Waals surface area contributed by atoms with Gasteiger partial charge in [-0.3, -0.25) is 0 Å². The highest BCUT2D eigenvalue weighted by Gasteiger charge is 2.27. The Labute approximate surface area is 156 Å². The molecule has 1 heterocycles. The van der Waals surface area contributed by atoms with Gasteiger partial charge in [-0.1, -0.05) is 34.9 Å². The number of nitrogens with zero attached hydrogens (tertiary/aromatic N) is 2. The molecule has 0 aliphatic rings. The van der Waals surface area contributed by atoms with Gasteiger partial charge < -0.3 is 14.5 Å². The first-order valence-corrected chi connectivity index (χ1v) is 9.80. The molecule has 1 N–H and O–H groups in total. The van der Waals surface area contributed by atoms with Gasteiger partial charge in [-0.05, 0) is 39.3 Å². The number of sulfone groups is 1.